The molecule has 2 aromatic heterocycles. The Morgan fingerprint density at radius 3 is 3.08 bits per heavy atom. The summed E-state index contributed by atoms with van der Waals surface area (Å²) in [6.07, 6.45) is 4.99. The highest BCUT2D eigenvalue weighted by Gasteiger charge is 2.08. The Bertz CT molecular complexity index is 403. The highest BCUT2D eigenvalue weighted by Crippen LogP contribution is 2.23. The second kappa shape index (κ2) is 3.21. The summed E-state index contributed by atoms with van der Waals surface area (Å²) in [5.41, 5.74) is 2.38. The van der Waals surface area contributed by atoms with Gasteiger partial charge in [0.25, 0.3) is 0 Å². The number of hydrogen-bond donors (Lipinski definition) is 1. The lowest BCUT2D eigenvalue weighted by atomic mass is 10.0. The monoisotopic (exact) mass is 174 g/mol. The minimum atomic E-state index is 0.530. The van der Waals surface area contributed by atoms with E-state index in [1.54, 1.807) is 0 Å². The Kier molecular flexibility index (Phi) is 2.05. The third kappa shape index (κ3) is 1.32. The quantitative estimate of drug-likeness (QED) is 0.744. The van der Waals surface area contributed by atoms with Crippen molar-refractivity contribution in [3.8, 4) is 0 Å². The SMILES string of the molecule is CCC(C)c1nccc2cc[nH]c12. The molecule has 2 aromatic rings. The van der Waals surface area contributed by atoms with Gasteiger partial charge in [0.15, 0.2) is 0 Å². The normalized spacial score (nSPS) is 13.4. The van der Waals surface area contributed by atoms with Gasteiger partial charge >= 0.3 is 0 Å². The Hall–Kier alpha value is -1.31. The molecule has 0 aromatic carbocycles. The molecule has 2 heteroatoms. The topological polar surface area (TPSA) is 28.7 Å². The minimum Gasteiger partial charge on any atom is -0.360 e. The van der Waals surface area contributed by atoms with Gasteiger partial charge in [-0.05, 0) is 18.6 Å². The van der Waals surface area contributed by atoms with Crippen molar-refractivity contribution in [2.75, 3.05) is 0 Å². The maximum Gasteiger partial charge on any atom is 0.0675 e. The lowest BCUT2D eigenvalue weighted by Gasteiger charge is -2.08. The van der Waals surface area contributed by atoms with Crippen molar-refractivity contribution in [3.05, 3.63) is 30.2 Å². The lowest BCUT2D eigenvalue weighted by molar-refractivity contribution is 0.714. The fourth-order valence-corrected chi connectivity index (χ4v) is 1.57. The van der Waals surface area contributed by atoms with E-state index in [4.69, 9.17) is 0 Å². The predicted octanol–water partition coefficient (Wildman–Crippen LogP) is 3.08. The molecule has 0 bridgehead atoms. The van der Waals surface area contributed by atoms with Crippen LogP contribution in [0.5, 0.6) is 0 Å². The van der Waals surface area contributed by atoms with E-state index in [1.807, 2.05) is 18.5 Å². The first kappa shape index (κ1) is 8.30. The van der Waals surface area contributed by atoms with E-state index in [9.17, 15) is 0 Å². The highest BCUT2D eigenvalue weighted by molar-refractivity contribution is 5.81. The van der Waals surface area contributed by atoms with Crippen molar-refractivity contribution in [2.24, 2.45) is 0 Å². The Labute approximate surface area is 78.0 Å². The highest BCUT2D eigenvalue weighted by atomic mass is 14.8. The molecule has 2 rings (SSSR count). The second-order valence-electron chi connectivity index (χ2n) is 3.45. The molecule has 1 unspecified atom stereocenters. The summed E-state index contributed by atoms with van der Waals surface area (Å²) in [5.74, 6) is 0.530. The molecule has 2 nitrogen and oxygen atoms in total. The average Bonchev–Trinajstić information content (AvgIpc) is 2.63. The van der Waals surface area contributed by atoms with Gasteiger partial charge in [-0.1, -0.05) is 13.8 Å². The van der Waals surface area contributed by atoms with Crippen LogP contribution in [0.4, 0.5) is 0 Å². The van der Waals surface area contributed by atoms with Gasteiger partial charge in [-0.25, -0.2) is 0 Å². The molecule has 0 amide bonds. The molecule has 0 saturated heterocycles. The molecule has 0 saturated carbocycles. The van der Waals surface area contributed by atoms with Crippen LogP contribution in [0.15, 0.2) is 24.5 Å². The minimum absolute atomic E-state index is 0.530. The van der Waals surface area contributed by atoms with E-state index in [1.165, 1.54) is 16.6 Å². The summed E-state index contributed by atoms with van der Waals surface area (Å²) in [4.78, 5) is 7.66. The van der Waals surface area contributed by atoms with Crippen LogP contribution in [0.3, 0.4) is 0 Å². The molecule has 68 valence electrons. The molecule has 0 aliphatic heterocycles. The van der Waals surface area contributed by atoms with Crippen molar-refractivity contribution >= 4 is 10.9 Å². The number of pyridine rings is 1. The zero-order chi connectivity index (χ0) is 9.26. The van der Waals surface area contributed by atoms with Crippen LogP contribution in [-0.2, 0) is 0 Å². The first-order valence-electron chi connectivity index (χ1n) is 4.75. The number of rotatable bonds is 2. The van der Waals surface area contributed by atoms with Gasteiger partial charge in [0, 0.05) is 23.7 Å². The standard InChI is InChI=1S/C11H14N2/c1-3-8(2)10-11-9(4-6-12-10)5-7-13-11/h4-8,13H,3H2,1-2H3. The van der Waals surface area contributed by atoms with Crippen LogP contribution in [0, 0.1) is 0 Å². The van der Waals surface area contributed by atoms with E-state index in [2.05, 4.69) is 29.9 Å². The van der Waals surface area contributed by atoms with Gasteiger partial charge < -0.3 is 4.98 Å². The number of hydrogen-bond acceptors (Lipinski definition) is 1. The van der Waals surface area contributed by atoms with Crippen LogP contribution in [-0.4, -0.2) is 9.97 Å². The third-order valence-electron chi connectivity index (χ3n) is 2.58. The van der Waals surface area contributed by atoms with Gasteiger partial charge in [-0.3, -0.25) is 4.98 Å². The summed E-state index contributed by atoms with van der Waals surface area (Å²) in [7, 11) is 0. The first-order chi connectivity index (χ1) is 6.33. The van der Waals surface area contributed by atoms with Crippen LogP contribution in [0.1, 0.15) is 31.9 Å². The van der Waals surface area contributed by atoms with Crippen molar-refractivity contribution in [3.63, 3.8) is 0 Å². The largest absolute Gasteiger partial charge is 0.360 e. The fourth-order valence-electron chi connectivity index (χ4n) is 1.57. The van der Waals surface area contributed by atoms with Crippen LogP contribution >= 0.6 is 0 Å². The number of nitrogens with zero attached hydrogens (tertiary/aromatic N) is 1. The van der Waals surface area contributed by atoms with Crippen LogP contribution in [0.25, 0.3) is 10.9 Å². The van der Waals surface area contributed by atoms with Crippen molar-refractivity contribution in [1.82, 2.24) is 9.97 Å². The maximum absolute atomic E-state index is 4.42. The van der Waals surface area contributed by atoms with Crippen molar-refractivity contribution in [1.29, 1.82) is 0 Å². The molecular weight excluding hydrogens is 160 g/mol. The summed E-state index contributed by atoms with van der Waals surface area (Å²) < 4.78 is 0. The van der Waals surface area contributed by atoms with Gasteiger partial charge in [0.05, 0.1) is 11.2 Å². The maximum atomic E-state index is 4.42. The predicted molar refractivity (Wildman–Crippen MR) is 54.8 cm³/mol. The van der Waals surface area contributed by atoms with Gasteiger partial charge in [-0.15, -0.1) is 0 Å². The summed E-state index contributed by atoms with van der Waals surface area (Å²) in [5, 5.41) is 1.25. The van der Waals surface area contributed by atoms with Crippen molar-refractivity contribution in [2.45, 2.75) is 26.2 Å². The van der Waals surface area contributed by atoms with Crippen molar-refractivity contribution < 1.29 is 0 Å². The van der Waals surface area contributed by atoms with Gasteiger partial charge in [0.2, 0.25) is 0 Å². The summed E-state index contributed by atoms with van der Waals surface area (Å²) >= 11 is 0. The number of aromatic nitrogens is 2. The zero-order valence-corrected chi connectivity index (χ0v) is 8.04. The number of aromatic amines is 1. The Morgan fingerprint density at radius 2 is 2.31 bits per heavy atom. The molecular formula is C11H14N2. The molecule has 1 atom stereocenters. The average molecular weight is 174 g/mol. The lowest BCUT2D eigenvalue weighted by Crippen LogP contribution is -1.96. The fraction of sp³-hybridized carbons (Fsp3) is 0.364. The van der Waals surface area contributed by atoms with E-state index >= 15 is 0 Å². The molecule has 13 heavy (non-hydrogen) atoms. The van der Waals surface area contributed by atoms with E-state index in [0.717, 1.165) is 6.42 Å². The molecule has 0 spiro atoms. The smallest absolute Gasteiger partial charge is 0.0675 e. The van der Waals surface area contributed by atoms with Gasteiger partial charge in [0.1, 0.15) is 0 Å². The molecule has 1 N–H and O–H groups in total. The van der Waals surface area contributed by atoms with E-state index < -0.39 is 0 Å². The number of fused-ring (bicyclic) bond motifs is 1. The zero-order valence-electron chi connectivity index (χ0n) is 8.04. The first-order valence-corrected chi connectivity index (χ1v) is 4.75. The number of H-pyrrole nitrogens is 1. The Balaban J connectivity index is 2.60. The van der Waals surface area contributed by atoms with Gasteiger partial charge in [-0.2, -0.15) is 0 Å². The van der Waals surface area contributed by atoms with E-state index in [0.29, 0.717) is 5.92 Å². The molecule has 0 aliphatic carbocycles. The summed E-state index contributed by atoms with van der Waals surface area (Å²) in [6, 6.07) is 4.13. The summed E-state index contributed by atoms with van der Waals surface area (Å²) in [6.45, 7) is 4.40. The molecule has 2 heterocycles. The van der Waals surface area contributed by atoms with E-state index in [-0.39, 0.29) is 0 Å². The van der Waals surface area contributed by atoms with Crippen LogP contribution in [0.2, 0.25) is 0 Å². The number of nitrogens with one attached hydrogen (secondary N) is 1. The second-order valence-corrected chi connectivity index (χ2v) is 3.45. The molecule has 0 radical (unpaired) electrons. The molecule has 0 fully saturated rings. The third-order valence-corrected chi connectivity index (χ3v) is 2.58. The molecule has 0 aliphatic rings. The Morgan fingerprint density at radius 1 is 1.46 bits per heavy atom. The van der Waals surface area contributed by atoms with Crippen LogP contribution < -0.4 is 0 Å².